The van der Waals surface area contributed by atoms with Crippen molar-refractivity contribution in [2.75, 3.05) is 0 Å². The van der Waals surface area contributed by atoms with E-state index in [2.05, 4.69) is 4.98 Å². The summed E-state index contributed by atoms with van der Waals surface area (Å²) < 4.78 is 1.91. The van der Waals surface area contributed by atoms with Crippen LogP contribution in [-0.2, 0) is 11.8 Å². The Kier molecular flexibility index (Phi) is 4.61. The Morgan fingerprint density at radius 1 is 1.10 bits per heavy atom. The van der Waals surface area contributed by atoms with Gasteiger partial charge in [-0.25, -0.2) is 0 Å². The molecule has 21 heavy (non-hydrogen) atoms. The Hall–Kier alpha value is -2.75. The number of carbonyl (C=O) groups is 2. The van der Waals surface area contributed by atoms with Crippen LogP contribution in [0.15, 0.2) is 48.8 Å². The van der Waals surface area contributed by atoms with Gasteiger partial charge in [-0.3, -0.25) is 14.6 Å². The van der Waals surface area contributed by atoms with Gasteiger partial charge < -0.3 is 4.57 Å². The summed E-state index contributed by atoms with van der Waals surface area (Å²) in [4.78, 5) is 26.8. The fraction of sp³-hybridized carbons (Fsp3) is 0.118. The first-order valence-electron chi connectivity index (χ1n) is 6.55. The maximum absolute atomic E-state index is 12.0. The molecule has 0 saturated carbocycles. The maximum atomic E-state index is 12.0. The molecule has 2 aromatic heterocycles. The Balaban J connectivity index is 2.15. The molecule has 0 aliphatic rings. The third kappa shape index (κ3) is 3.86. The van der Waals surface area contributed by atoms with Gasteiger partial charge in [-0.2, -0.15) is 0 Å². The molecule has 2 rings (SSSR count). The van der Waals surface area contributed by atoms with E-state index in [-0.39, 0.29) is 11.6 Å². The predicted molar refractivity (Wildman–Crippen MR) is 82.7 cm³/mol. The van der Waals surface area contributed by atoms with Crippen LogP contribution in [-0.4, -0.2) is 21.1 Å². The second-order valence-corrected chi connectivity index (χ2v) is 4.63. The lowest BCUT2D eigenvalue weighted by atomic mass is 10.2. The van der Waals surface area contributed by atoms with E-state index in [9.17, 15) is 9.59 Å². The van der Waals surface area contributed by atoms with Crippen LogP contribution in [0.1, 0.15) is 28.7 Å². The van der Waals surface area contributed by atoms with Gasteiger partial charge in [-0.15, -0.1) is 0 Å². The molecule has 0 spiro atoms. The highest BCUT2D eigenvalue weighted by Gasteiger charge is 2.03. The van der Waals surface area contributed by atoms with Crippen LogP contribution in [0.25, 0.3) is 12.2 Å². The Bertz CT molecular complexity index is 710. The van der Waals surface area contributed by atoms with Crippen molar-refractivity contribution in [1.29, 1.82) is 0 Å². The monoisotopic (exact) mass is 280 g/mol. The van der Waals surface area contributed by atoms with E-state index in [0.29, 0.717) is 5.56 Å². The van der Waals surface area contributed by atoms with Crippen molar-refractivity contribution < 1.29 is 9.59 Å². The Labute approximate surface area is 123 Å². The number of aromatic nitrogens is 2. The molecule has 0 radical (unpaired) electrons. The molecule has 0 atom stereocenters. The third-order valence-electron chi connectivity index (χ3n) is 3.04. The van der Waals surface area contributed by atoms with E-state index in [1.807, 2.05) is 23.7 Å². The first kappa shape index (κ1) is 14.7. The van der Waals surface area contributed by atoms with Gasteiger partial charge in [0.1, 0.15) is 0 Å². The molecule has 4 nitrogen and oxygen atoms in total. The zero-order valence-electron chi connectivity index (χ0n) is 12.0. The number of carbonyl (C=O) groups excluding carboxylic acids is 2. The molecule has 106 valence electrons. The average Bonchev–Trinajstić information content (AvgIpc) is 2.84. The lowest BCUT2D eigenvalue weighted by Gasteiger charge is -2.00. The largest absolute Gasteiger partial charge is 0.345 e. The van der Waals surface area contributed by atoms with Gasteiger partial charge in [0.15, 0.2) is 11.6 Å². The van der Waals surface area contributed by atoms with Crippen molar-refractivity contribution in [3.63, 3.8) is 0 Å². The first-order chi connectivity index (χ1) is 10.1. The second kappa shape index (κ2) is 6.61. The molecule has 0 fully saturated rings. The summed E-state index contributed by atoms with van der Waals surface area (Å²) in [7, 11) is 1.88. The van der Waals surface area contributed by atoms with Gasteiger partial charge in [-0.05, 0) is 55.5 Å². The van der Waals surface area contributed by atoms with E-state index in [1.165, 1.54) is 19.1 Å². The Morgan fingerprint density at radius 2 is 1.76 bits per heavy atom. The summed E-state index contributed by atoms with van der Waals surface area (Å²) in [5, 5.41) is 0. The van der Waals surface area contributed by atoms with Crippen LogP contribution in [0, 0.1) is 0 Å². The molecule has 0 N–H and O–H groups in total. The van der Waals surface area contributed by atoms with Gasteiger partial charge in [0.25, 0.3) is 0 Å². The molecular formula is C17H16N2O2. The lowest BCUT2D eigenvalue weighted by Crippen LogP contribution is -1.96. The number of ketones is 2. The number of allylic oxidation sites excluding steroid dienone is 2. The standard InChI is InChI=1S/C17H16N2O2/c1-13(20)5-6-15-7-8-16(19(15)2)9-10-17(21)14-4-3-11-18-12-14/h3-12H,1-2H3/b6-5+,10-9+. The molecule has 0 aliphatic heterocycles. The highest BCUT2D eigenvalue weighted by molar-refractivity contribution is 6.06. The minimum Gasteiger partial charge on any atom is -0.345 e. The quantitative estimate of drug-likeness (QED) is 0.625. The molecule has 4 heteroatoms. The first-order valence-corrected chi connectivity index (χ1v) is 6.55. The fourth-order valence-electron chi connectivity index (χ4n) is 1.85. The fourth-order valence-corrected chi connectivity index (χ4v) is 1.85. The van der Waals surface area contributed by atoms with E-state index in [4.69, 9.17) is 0 Å². The van der Waals surface area contributed by atoms with Gasteiger partial charge in [0.05, 0.1) is 0 Å². The minimum absolute atomic E-state index is 0.0000440. The van der Waals surface area contributed by atoms with Crippen LogP contribution in [0.4, 0.5) is 0 Å². The lowest BCUT2D eigenvalue weighted by molar-refractivity contribution is -0.112. The number of nitrogens with zero attached hydrogens (tertiary/aromatic N) is 2. The van der Waals surface area contributed by atoms with Crippen molar-refractivity contribution in [2.24, 2.45) is 7.05 Å². The molecule has 0 amide bonds. The summed E-state index contributed by atoms with van der Waals surface area (Å²) in [6.45, 7) is 1.51. The molecule has 0 aliphatic carbocycles. The van der Waals surface area contributed by atoms with Gasteiger partial charge >= 0.3 is 0 Å². The molecule has 0 aromatic carbocycles. The van der Waals surface area contributed by atoms with Crippen LogP contribution in [0.3, 0.4) is 0 Å². The summed E-state index contributed by atoms with van der Waals surface area (Å²) >= 11 is 0. The SMILES string of the molecule is CC(=O)/C=C/c1ccc(/C=C/C(=O)c2cccnc2)n1C. The zero-order chi connectivity index (χ0) is 15.2. The van der Waals surface area contributed by atoms with Crippen LogP contribution >= 0.6 is 0 Å². The summed E-state index contributed by atoms with van der Waals surface area (Å²) in [6, 6.07) is 7.25. The third-order valence-corrected chi connectivity index (χ3v) is 3.04. The van der Waals surface area contributed by atoms with Crippen molar-refractivity contribution in [3.8, 4) is 0 Å². The van der Waals surface area contributed by atoms with E-state index >= 15 is 0 Å². The molecular weight excluding hydrogens is 264 g/mol. The minimum atomic E-state index is -0.0925. The van der Waals surface area contributed by atoms with E-state index < -0.39 is 0 Å². The van der Waals surface area contributed by atoms with Crippen LogP contribution in [0.2, 0.25) is 0 Å². The summed E-state index contributed by atoms with van der Waals surface area (Å²) in [5.74, 6) is -0.0924. The zero-order valence-corrected chi connectivity index (χ0v) is 12.0. The van der Waals surface area contributed by atoms with Gasteiger partial charge in [-0.1, -0.05) is 0 Å². The average molecular weight is 280 g/mol. The number of hydrogen-bond donors (Lipinski definition) is 0. The smallest absolute Gasteiger partial charge is 0.187 e. The van der Waals surface area contributed by atoms with Gasteiger partial charge in [0.2, 0.25) is 0 Å². The maximum Gasteiger partial charge on any atom is 0.187 e. The van der Waals surface area contributed by atoms with Crippen LogP contribution < -0.4 is 0 Å². The summed E-state index contributed by atoms with van der Waals surface area (Å²) in [5.41, 5.74) is 2.34. The molecule has 0 saturated heterocycles. The van der Waals surface area contributed by atoms with Crippen molar-refractivity contribution in [2.45, 2.75) is 6.92 Å². The highest BCUT2D eigenvalue weighted by Crippen LogP contribution is 2.11. The van der Waals surface area contributed by atoms with Crippen molar-refractivity contribution in [1.82, 2.24) is 9.55 Å². The van der Waals surface area contributed by atoms with E-state index in [1.54, 1.807) is 36.7 Å². The molecule has 2 aromatic rings. The van der Waals surface area contributed by atoms with Crippen molar-refractivity contribution in [3.05, 3.63) is 65.8 Å². The van der Waals surface area contributed by atoms with Crippen molar-refractivity contribution >= 4 is 23.7 Å². The molecule has 2 heterocycles. The predicted octanol–water partition coefficient (Wildman–Crippen LogP) is 2.92. The molecule has 0 bridgehead atoms. The molecule has 0 unspecified atom stereocenters. The number of rotatable bonds is 5. The van der Waals surface area contributed by atoms with Crippen LogP contribution in [0.5, 0.6) is 0 Å². The number of pyridine rings is 1. The topological polar surface area (TPSA) is 52.0 Å². The van der Waals surface area contributed by atoms with E-state index in [0.717, 1.165) is 11.4 Å². The van der Waals surface area contributed by atoms with Gasteiger partial charge in [0, 0.05) is 36.4 Å². The number of hydrogen-bond acceptors (Lipinski definition) is 3. The highest BCUT2D eigenvalue weighted by atomic mass is 16.1. The Morgan fingerprint density at radius 3 is 2.33 bits per heavy atom. The second-order valence-electron chi connectivity index (χ2n) is 4.63. The normalized spacial score (nSPS) is 11.3. The summed E-state index contributed by atoms with van der Waals surface area (Å²) in [6.07, 6.45) is 9.71.